The normalized spacial score (nSPS) is 14.8. The quantitative estimate of drug-likeness (QED) is 0.702. The molecule has 0 aliphatic heterocycles. The van der Waals surface area contributed by atoms with Crippen LogP contribution in [0.4, 0.5) is 0 Å². The molecule has 0 amide bonds. The Morgan fingerprint density at radius 2 is 1.31 bits per heavy atom. The Morgan fingerprint density at radius 1 is 1.00 bits per heavy atom. The van der Waals surface area contributed by atoms with Gasteiger partial charge in [0.25, 0.3) is 0 Å². The highest BCUT2D eigenvalue weighted by atomic mass is 32.2. The number of rotatable bonds is 4. The number of allylic oxidation sites excluding steroid dienone is 2. The van der Waals surface area contributed by atoms with Crippen LogP contribution in [0.3, 0.4) is 0 Å². The maximum atomic E-state index is 11.4. The van der Waals surface area contributed by atoms with Gasteiger partial charge in [0.15, 0.2) is 9.84 Å². The molecule has 0 aliphatic rings. The first kappa shape index (κ1) is 12.4. The Labute approximate surface area is 81.3 Å². The lowest BCUT2D eigenvalue weighted by atomic mass is 10.3. The minimum Gasteiger partial charge on any atom is -0.220 e. The molecule has 0 aromatic rings. The second-order valence-electron chi connectivity index (χ2n) is 3.22. The van der Waals surface area contributed by atoms with Crippen LogP contribution in [0.15, 0.2) is 22.0 Å². The van der Waals surface area contributed by atoms with Crippen LogP contribution in [0.25, 0.3) is 0 Å². The van der Waals surface area contributed by atoms with Crippen molar-refractivity contribution in [1.29, 1.82) is 0 Å². The Bertz CT molecular complexity index is 282. The molecule has 0 spiro atoms. The van der Waals surface area contributed by atoms with E-state index in [2.05, 4.69) is 0 Å². The van der Waals surface area contributed by atoms with E-state index < -0.39 is 9.84 Å². The second kappa shape index (κ2) is 5.22. The summed E-state index contributed by atoms with van der Waals surface area (Å²) in [5.74, 6) is 0. The van der Waals surface area contributed by atoms with Gasteiger partial charge in [0.1, 0.15) is 0 Å². The van der Waals surface area contributed by atoms with Crippen LogP contribution in [-0.2, 0) is 9.84 Å². The van der Waals surface area contributed by atoms with Crippen molar-refractivity contribution in [2.45, 2.75) is 40.5 Å². The topological polar surface area (TPSA) is 34.1 Å². The average Bonchev–Trinajstić information content (AvgIpc) is 2.02. The molecule has 0 bridgehead atoms. The lowest BCUT2D eigenvalue weighted by Crippen LogP contribution is -1.92. The number of hydrogen-bond acceptors (Lipinski definition) is 2. The summed E-state index contributed by atoms with van der Waals surface area (Å²) in [4.78, 5) is 0. The number of sulfone groups is 1. The van der Waals surface area contributed by atoms with Crippen molar-refractivity contribution in [3.63, 3.8) is 0 Å². The van der Waals surface area contributed by atoms with Gasteiger partial charge in [-0.25, -0.2) is 8.42 Å². The molecule has 0 rings (SSSR count). The van der Waals surface area contributed by atoms with Gasteiger partial charge in [0.05, 0.1) is 0 Å². The van der Waals surface area contributed by atoms with Crippen molar-refractivity contribution >= 4 is 9.84 Å². The van der Waals surface area contributed by atoms with E-state index in [1.165, 1.54) is 10.8 Å². The van der Waals surface area contributed by atoms with Gasteiger partial charge < -0.3 is 0 Å². The molecule has 0 aliphatic carbocycles. The van der Waals surface area contributed by atoms with Gasteiger partial charge >= 0.3 is 0 Å². The van der Waals surface area contributed by atoms with Crippen molar-refractivity contribution < 1.29 is 8.42 Å². The third-order valence-corrected chi connectivity index (χ3v) is 3.31. The first-order valence-corrected chi connectivity index (χ1v) is 6.11. The highest BCUT2D eigenvalue weighted by Crippen LogP contribution is 2.08. The largest absolute Gasteiger partial charge is 0.220 e. The summed E-state index contributed by atoms with van der Waals surface area (Å²) in [6.07, 6.45) is 1.55. The van der Waals surface area contributed by atoms with Crippen LogP contribution < -0.4 is 0 Å². The zero-order chi connectivity index (χ0) is 10.5. The molecule has 0 atom stereocenters. The van der Waals surface area contributed by atoms with Crippen LogP contribution in [0.1, 0.15) is 40.5 Å². The predicted octanol–water partition coefficient (Wildman–Crippen LogP) is 3.03. The molecule has 0 saturated carbocycles. The maximum absolute atomic E-state index is 11.4. The van der Waals surface area contributed by atoms with Gasteiger partial charge in [-0.1, -0.05) is 25.0 Å². The van der Waals surface area contributed by atoms with Crippen molar-refractivity contribution in [1.82, 2.24) is 0 Å². The molecule has 0 fully saturated rings. The van der Waals surface area contributed by atoms with Crippen molar-refractivity contribution in [3.05, 3.63) is 22.0 Å². The fourth-order valence-corrected chi connectivity index (χ4v) is 2.28. The van der Waals surface area contributed by atoms with Gasteiger partial charge in [-0.3, -0.25) is 0 Å². The molecule has 0 heterocycles. The molecule has 76 valence electrons. The van der Waals surface area contributed by atoms with Gasteiger partial charge in [0.2, 0.25) is 0 Å². The minimum absolute atomic E-state index is 0.776. The van der Waals surface area contributed by atoms with E-state index in [0.29, 0.717) is 0 Å². The van der Waals surface area contributed by atoms with E-state index in [1.54, 1.807) is 0 Å². The average molecular weight is 202 g/mol. The molecule has 13 heavy (non-hydrogen) atoms. The molecule has 0 aromatic heterocycles. The monoisotopic (exact) mass is 202 g/mol. The third kappa shape index (κ3) is 5.64. The van der Waals surface area contributed by atoms with Crippen LogP contribution in [0.2, 0.25) is 0 Å². The van der Waals surface area contributed by atoms with Crippen LogP contribution in [0, 0.1) is 0 Å². The summed E-state index contributed by atoms with van der Waals surface area (Å²) >= 11 is 0. The van der Waals surface area contributed by atoms with E-state index in [1.807, 2.05) is 27.7 Å². The van der Waals surface area contributed by atoms with Crippen LogP contribution in [-0.4, -0.2) is 8.42 Å². The summed E-state index contributed by atoms with van der Waals surface area (Å²) in [5.41, 5.74) is 1.78. The highest BCUT2D eigenvalue weighted by Gasteiger charge is 2.02. The van der Waals surface area contributed by atoms with Crippen molar-refractivity contribution in [2.24, 2.45) is 0 Å². The SMILES string of the molecule is CCC(C)=CS(=O)(=O)C=C(C)CC. The Balaban J connectivity index is 4.81. The summed E-state index contributed by atoms with van der Waals surface area (Å²) in [6, 6.07) is 0. The summed E-state index contributed by atoms with van der Waals surface area (Å²) in [7, 11) is -3.13. The smallest absolute Gasteiger partial charge is 0.192 e. The van der Waals surface area contributed by atoms with Gasteiger partial charge in [-0.2, -0.15) is 0 Å². The lowest BCUT2D eigenvalue weighted by molar-refractivity contribution is 0.612. The minimum atomic E-state index is -3.13. The zero-order valence-electron chi connectivity index (χ0n) is 8.79. The first-order chi connectivity index (χ1) is 5.91. The molecule has 0 unspecified atom stereocenters. The molecular formula is C10H18O2S. The summed E-state index contributed by atoms with van der Waals surface area (Å²) in [6.45, 7) is 7.54. The van der Waals surface area contributed by atoms with Crippen LogP contribution >= 0.6 is 0 Å². The summed E-state index contributed by atoms with van der Waals surface area (Å²) < 4.78 is 22.8. The standard InChI is InChI=1S/C10H18O2S/c1-5-9(3)7-13(11,12)8-10(4)6-2/h7-8H,5-6H2,1-4H3. The molecule has 0 radical (unpaired) electrons. The van der Waals surface area contributed by atoms with E-state index in [0.717, 1.165) is 24.0 Å². The summed E-state index contributed by atoms with van der Waals surface area (Å²) in [5, 5.41) is 2.68. The Hall–Kier alpha value is -0.570. The van der Waals surface area contributed by atoms with Gasteiger partial charge in [-0.15, -0.1) is 0 Å². The first-order valence-electron chi connectivity index (χ1n) is 4.50. The third-order valence-electron chi connectivity index (χ3n) is 1.85. The van der Waals surface area contributed by atoms with Gasteiger partial charge in [0, 0.05) is 10.8 Å². The molecule has 0 aromatic carbocycles. The number of hydrogen-bond donors (Lipinski definition) is 0. The fraction of sp³-hybridized carbons (Fsp3) is 0.600. The van der Waals surface area contributed by atoms with Crippen LogP contribution in [0.5, 0.6) is 0 Å². The molecule has 3 heteroatoms. The molecule has 0 N–H and O–H groups in total. The Kier molecular flexibility index (Phi) is 4.99. The lowest BCUT2D eigenvalue weighted by Gasteiger charge is -1.97. The van der Waals surface area contributed by atoms with E-state index >= 15 is 0 Å². The van der Waals surface area contributed by atoms with E-state index in [4.69, 9.17) is 0 Å². The predicted molar refractivity (Wildman–Crippen MR) is 57.0 cm³/mol. The van der Waals surface area contributed by atoms with Gasteiger partial charge in [-0.05, 0) is 26.7 Å². The fourth-order valence-electron chi connectivity index (χ4n) is 0.762. The van der Waals surface area contributed by atoms with Crippen molar-refractivity contribution in [2.75, 3.05) is 0 Å². The second-order valence-corrected chi connectivity index (χ2v) is 4.87. The van der Waals surface area contributed by atoms with E-state index in [9.17, 15) is 8.42 Å². The Morgan fingerprint density at radius 3 is 1.54 bits per heavy atom. The molecule has 2 nitrogen and oxygen atoms in total. The maximum Gasteiger partial charge on any atom is 0.192 e. The molecular weight excluding hydrogens is 184 g/mol. The van der Waals surface area contributed by atoms with E-state index in [-0.39, 0.29) is 0 Å². The highest BCUT2D eigenvalue weighted by molar-refractivity contribution is 7.97. The molecule has 0 saturated heterocycles. The zero-order valence-corrected chi connectivity index (χ0v) is 9.61. The van der Waals surface area contributed by atoms with Crippen molar-refractivity contribution in [3.8, 4) is 0 Å².